The largest absolute Gasteiger partial charge is 0.383 e. The lowest BCUT2D eigenvalue weighted by atomic mass is 9.94. The molecule has 1 aliphatic rings. The molecule has 2 aromatic carbocycles. The summed E-state index contributed by atoms with van der Waals surface area (Å²) in [6.45, 7) is 0. The number of nitrogen functional groups attached to an aromatic ring is 1. The van der Waals surface area contributed by atoms with Crippen LogP contribution in [-0.2, 0) is 14.8 Å². The molecule has 0 spiro atoms. The van der Waals surface area contributed by atoms with Crippen LogP contribution in [0.3, 0.4) is 0 Å². The van der Waals surface area contributed by atoms with Crippen LogP contribution in [0.2, 0.25) is 10.0 Å². The predicted molar refractivity (Wildman–Crippen MR) is 137 cm³/mol. The molecule has 2 aromatic heterocycles. The lowest BCUT2D eigenvalue weighted by Crippen LogP contribution is -2.17. The van der Waals surface area contributed by atoms with Crippen LogP contribution in [0.5, 0.6) is 0 Å². The zero-order valence-electron chi connectivity index (χ0n) is 18.7. The Hall–Kier alpha value is -3.21. The number of Topliss-reactive ketones (excluding diaryl/α,β-unsaturated/α-hetero) is 1. The number of sulfonamides is 1. The van der Waals surface area contributed by atoms with Gasteiger partial charge in [0.25, 0.3) is 10.0 Å². The molecule has 1 fully saturated rings. The Labute approximate surface area is 216 Å². The third-order valence-corrected chi connectivity index (χ3v) is 8.61. The molecule has 5 rings (SSSR count). The summed E-state index contributed by atoms with van der Waals surface area (Å²) in [7, 11) is -4.20. The first kappa shape index (κ1) is 24.5. The number of rotatable bonds is 5. The van der Waals surface area contributed by atoms with Gasteiger partial charge in [-0.1, -0.05) is 35.3 Å². The lowest BCUT2D eigenvalue weighted by molar-refractivity contribution is -0.120. The van der Waals surface area contributed by atoms with E-state index < -0.39 is 15.8 Å². The molecule has 2 heterocycles. The Bertz CT molecular complexity index is 1610. The van der Waals surface area contributed by atoms with Crippen molar-refractivity contribution in [3.8, 4) is 11.1 Å². The zero-order chi connectivity index (χ0) is 25.6. The number of anilines is 2. The molecule has 0 unspecified atom stereocenters. The third-order valence-electron chi connectivity index (χ3n) is 6.27. The van der Waals surface area contributed by atoms with E-state index in [1.54, 1.807) is 6.07 Å². The lowest BCUT2D eigenvalue weighted by Gasteiger charge is -2.23. The molecule has 36 heavy (non-hydrogen) atoms. The fourth-order valence-corrected chi connectivity index (χ4v) is 6.29. The van der Waals surface area contributed by atoms with Crippen molar-refractivity contribution in [1.82, 2.24) is 14.5 Å². The summed E-state index contributed by atoms with van der Waals surface area (Å²) in [5.74, 6) is -0.327. The van der Waals surface area contributed by atoms with Crippen LogP contribution < -0.4 is 10.5 Å². The highest BCUT2D eigenvalue weighted by atomic mass is 35.5. The number of benzene rings is 2. The van der Waals surface area contributed by atoms with E-state index in [2.05, 4.69) is 14.7 Å². The number of fused-ring (bicyclic) bond motifs is 1. The zero-order valence-corrected chi connectivity index (χ0v) is 21.0. The molecule has 8 nitrogen and oxygen atoms in total. The first-order valence-corrected chi connectivity index (χ1v) is 13.3. The number of hydrogen-bond donors (Lipinski definition) is 2. The second-order valence-corrected chi connectivity index (χ2v) is 11.0. The van der Waals surface area contributed by atoms with E-state index >= 15 is 4.39 Å². The molecule has 3 N–H and O–H groups in total. The normalized spacial score (nSPS) is 14.9. The Morgan fingerprint density at radius 1 is 1.11 bits per heavy atom. The minimum Gasteiger partial charge on any atom is -0.383 e. The molecule has 1 aliphatic carbocycles. The molecule has 0 atom stereocenters. The summed E-state index contributed by atoms with van der Waals surface area (Å²) in [6, 6.07) is 8.33. The molecule has 0 aliphatic heterocycles. The summed E-state index contributed by atoms with van der Waals surface area (Å²) in [6.07, 6.45) is 5.52. The fourth-order valence-electron chi connectivity index (χ4n) is 4.47. The second-order valence-electron chi connectivity index (χ2n) is 8.53. The van der Waals surface area contributed by atoms with Crippen LogP contribution in [0.4, 0.5) is 15.9 Å². The van der Waals surface area contributed by atoms with Crippen LogP contribution in [0, 0.1) is 5.82 Å². The van der Waals surface area contributed by atoms with Gasteiger partial charge in [-0.05, 0) is 42.7 Å². The van der Waals surface area contributed by atoms with E-state index in [1.165, 1.54) is 36.7 Å². The van der Waals surface area contributed by atoms with Gasteiger partial charge in [-0.25, -0.2) is 22.8 Å². The highest BCUT2D eigenvalue weighted by Gasteiger charge is 2.25. The van der Waals surface area contributed by atoms with Crippen molar-refractivity contribution in [2.45, 2.75) is 36.6 Å². The van der Waals surface area contributed by atoms with Crippen molar-refractivity contribution in [2.75, 3.05) is 10.5 Å². The quantitative estimate of drug-likeness (QED) is 0.335. The Morgan fingerprint density at radius 3 is 2.58 bits per heavy atom. The van der Waals surface area contributed by atoms with Gasteiger partial charge in [0.1, 0.15) is 34.3 Å². The average molecular weight is 548 g/mol. The van der Waals surface area contributed by atoms with Crippen LogP contribution in [0.1, 0.15) is 31.7 Å². The molecular weight excluding hydrogens is 528 g/mol. The van der Waals surface area contributed by atoms with Crippen molar-refractivity contribution in [3.05, 3.63) is 64.8 Å². The first-order chi connectivity index (χ1) is 17.2. The van der Waals surface area contributed by atoms with Crippen LogP contribution in [-0.4, -0.2) is 28.7 Å². The number of carbonyl (C=O) groups is 1. The molecule has 0 radical (unpaired) electrons. The van der Waals surface area contributed by atoms with E-state index in [0.29, 0.717) is 47.8 Å². The van der Waals surface area contributed by atoms with E-state index in [9.17, 15) is 13.2 Å². The Balaban J connectivity index is 1.53. The fraction of sp³-hybridized carbons (Fsp3) is 0.208. The summed E-state index contributed by atoms with van der Waals surface area (Å²) in [4.78, 5) is 19.9. The standard InChI is InChI=1S/C24H20Cl2FN5O3S/c25-17-2-1-3-20(22(17)26)36(34,35)31-19-9-4-13(10-18(19)27)16-11-32(14-5-7-15(33)8-6-14)24-21(16)23(28)29-12-30-24/h1-4,9-12,14,31H,5-8H2,(H2,28,29,30). The topological polar surface area (TPSA) is 120 Å². The first-order valence-electron chi connectivity index (χ1n) is 11.0. The smallest absolute Gasteiger partial charge is 0.263 e. The number of nitrogens with zero attached hydrogens (tertiary/aromatic N) is 3. The monoisotopic (exact) mass is 547 g/mol. The van der Waals surface area contributed by atoms with E-state index in [1.807, 2.05) is 10.8 Å². The number of ketones is 1. The van der Waals surface area contributed by atoms with Gasteiger partial charge < -0.3 is 10.3 Å². The van der Waals surface area contributed by atoms with Crippen LogP contribution >= 0.6 is 23.2 Å². The van der Waals surface area contributed by atoms with E-state index in [-0.39, 0.29) is 38.3 Å². The molecule has 186 valence electrons. The maximum atomic E-state index is 15.2. The SMILES string of the molecule is Nc1ncnc2c1c(-c1ccc(NS(=O)(=O)c3cccc(Cl)c3Cl)c(F)c1)cn2C1CCC(=O)CC1. The number of nitrogens with one attached hydrogen (secondary N) is 1. The number of nitrogens with two attached hydrogens (primary N) is 1. The number of halogens is 3. The van der Waals surface area contributed by atoms with Crippen molar-refractivity contribution >= 4 is 61.5 Å². The summed E-state index contributed by atoms with van der Waals surface area (Å²) in [5.41, 5.74) is 7.58. The summed E-state index contributed by atoms with van der Waals surface area (Å²) < 4.78 is 45.0. The van der Waals surface area contributed by atoms with Crippen molar-refractivity contribution in [3.63, 3.8) is 0 Å². The van der Waals surface area contributed by atoms with E-state index in [4.69, 9.17) is 28.9 Å². The molecule has 4 aromatic rings. The average Bonchev–Trinajstić information content (AvgIpc) is 3.23. The Morgan fingerprint density at radius 2 is 1.86 bits per heavy atom. The van der Waals surface area contributed by atoms with Gasteiger partial charge in [-0.3, -0.25) is 9.52 Å². The highest BCUT2D eigenvalue weighted by Crippen LogP contribution is 2.38. The van der Waals surface area contributed by atoms with Crippen molar-refractivity contribution in [2.24, 2.45) is 0 Å². The molecule has 12 heteroatoms. The molecule has 1 saturated carbocycles. The number of hydrogen-bond acceptors (Lipinski definition) is 6. The van der Waals surface area contributed by atoms with Gasteiger partial charge in [-0.2, -0.15) is 0 Å². The predicted octanol–water partition coefficient (Wildman–Crippen LogP) is 5.61. The molecule has 0 bridgehead atoms. The minimum atomic E-state index is -4.20. The summed E-state index contributed by atoms with van der Waals surface area (Å²) >= 11 is 12.0. The van der Waals surface area contributed by atoms with Gasteiger partial charge in [0.15, 0.2) is 0 Å². The second kappa shape index (κ2) is 9.34. The van der Waals surface area contributed by atoms with Gasteiger partial charge >= 0.3 is 0 Å². The molecular formula is C24H20Cl2FN5O3S. The van der Waals surface area contributed by atoms with Crippen molar-refractivity contribution in [1.29, 1.82) is 0 Å². The molecule has 0 amide bonds. The maximum absolute atomic E-state index is 15.2. The van der Waals surface area contributed by atoms with Gasteiger partial charge in [0, 0.05) is 30.6 Å². The van der Waals surface area contributed by atoms with Gasteiger partial charge in [0.2, 0.25) is 0 Å². The molecule has 0 saturated heterocycles. The van der Waals surface area contributed by atoms with Crippen molar-refractivity contribution < 1.29 is 17.6 Å². The van der Waals surface area contributed by atoms with E-state index in [0.717, 1.165) is 0 Å². The van der Waals surface area contributed by atoms with Gasteiger partial charge in [0.05, 0.1) is 21.1 Å². The number of carbonyl (C=O) groups excluding carboxylic acids is 1. The van der Waals surface area contributed by atoms with Crippen LogP contribution in [0.25, 0.3) is 22.2 Å². The third kappa shape index (κ3) is 4.40. The highest BCUT2D eigenvalue weighted by molar-refractivity contribution is 7.92. The van der Waals surface area contributed by atoms with Gasteiger partial charge in [-0.15, -0.1) is 0 Å². The minimum absolute atomic E-state index is 0.0478. The maximum Gasteiger partial charge on any atom is 0.263 e. The summed E-state index contributed by atoms with van der Waals surface area (Å²) in [5, 5.41) is 0.470. The number of aromatic nitrogens is 3. The Kier molecular flexibility index (Phi) is 6.36. The van der Waals surface area contributed by atoms with Crippen LogP contribution in [0.15, 0.2) is 53.8 Å².